The van der Waals surface area contributed by atoms with E-state index in [-0.39, 0.29) is 12.6 Å². The van der Waals surface area contributed by atoms with Crippen LogP contribution in [0.25, 0.3) is 0 Å². The highest BCUT2D eigenvalue weighted by Gasteiger charge is 2.47. The van der Waals surface area contributed by atoms with Gasteiger partial charge in [0.1, 0.15) is 18.8 Å². The van der Waals surface area contributed by atoms with Crippen molar-refractivity contribution in [2.45, 2.75) is 32.4 Å². The molecule has 100 valence electrons. The second kappa shape index (κ2) is 4.84. The first kappa shape index (κ1) is 13.3. The Morgan fingerprint density at radius 3 is 3.11 bits per heavy atom. The number of ether oxygens (including phenoxy) is 1. The number of carbonyl (C=O) groups is 1. The Kier molecular flexibility index (Phi) is 3.56. The van der Waals surface area contributed by atoms with Gasteiger partial charge in [-0.05, 0) is 19.9 Å². The second-order valence-corrected chi connectivity index (χ2v) is 4.99. The maximum Gasteiger partial charge on any atom is 0.333 e. The van der Waals surface area contributed by atoms with E-state index in [0.717, 1.165) is 5.57 Å². The molecule has 2 aliphatic heterocycles. The molecule has 1 saturated heterocycles. The standard InChI is InChI=1S/C13H19NO4/c1-3-9(2)13(16)18-8-10-4-6-14(17)7-5-11(15)12(10)14/h3-4,11-12,15H,5-8H2,1-2H3. The zero-order valence-electron chi connectivity index (χ0n) is 10.8. The van der Waals surface area contributed by atoms with Gasteiger partial charge in [-0.25, -0.2) is 4.79 Å². The quantitative estimate of drug-likeness (QED) is 0.266. The van der Waals surface area contributed by atoms with E-state index in [0.29, 0.717) is 25.1 Å². The molecule has 2 heterocycles. The van der Waals surface area contributed by atoms with Gasteiger partial charge in [-0.15, -0.1) is 0 Å². The van der Waals surface area contributed by atoms with E-state index < -0.39 is 16.8 Å². The molecular formula is C13H19NO4. The zero-order valence-corrected chi connectivity index (χ0v) is 10.8. The fraction of sp³-hybridized carbons (Fsp3) is 0.615. The van der Waals surface area contributed by atoms with Crippen molar-refractivity contribution < 1.29 is 19.3 Å². The molecule has 0 amide bonds. The van der Waals surface area contributed by atoms with Crippen LogP contribution in [0.3, 0.4) is 0 Å². The minimum absolute atomic E-state index is 0.105. The fourth-order valence-corrected chi connectivity index (χ4v) is 2.63. The summed E-state index contributed by atoms with van der Waals surface area (Å²) in [4.78, 5) is 11.5. The summed E-state index contributed by atoms with van der Waals surface area (Å²) in [6.07, 6.45) is 3.40. The predicted octanol–water partition coefficient (Wildman–Crippen LogP) is 0.884. The average molecular weight is 253 g/mol. The number of rotatable bonds is 3. The summed E-state index contributed by atoms with van der Waals surface area (Å²) in [6.45, 7) is 4.37. The topological polar surface area (TPSA) is 69.6 Å². The van der Waals surface area contributed by atoms with Crippen LogP contribution in [0.4, 0.5) is 0 Å². The molecule has 18 heavy (non-hydrogen) atoms. The Morgan fingerprint density at radius 1 is 1.72 bits per heavy atom. The highest BCUT2D eigenvalue weighted by atomic mass is 16.6. The van der Waals surface area contributed by atoms with Gasteiger partial charge in [0.25, 0.3) is 0 Å². The fourth-order valence-electron chi connectivity index (χ4n) is 2.63. The number of esters is 1. The largest absolute Gasteiger partial charge is 0.632 e. The molecule has 3 unspecified atom stereocenters. The smallest absolute Gasteiger partial charge is 0.333 e. The SMILES string of the molecule is CC=C(C)C(=O)OCC1=CC[N+]2([O-])CCC(O)C12. The van der Waals surface area contributed by atoms with Crippen LogP contribution in [-0.2, 0) is 9.53 Å². The van der Waals surface area contributed by atoms with Crippen LogP contribution in [0.2, 0.25) is 0 Å². The van der Waals surface area contributed by atoms with Crippen LogP contribution >= 0.6 is 0 Å². The molecule has 1 N–H and O–H groups in total. The van der Waals surface area contributed by atoms with Gasteiger partial charge in [-0.2, -0.15) is 0 Å². The molecule has 3 atom stereocenters. The van der Waals surface area contributed by atoms with Gasteiger partial charge in [-0.3, -0.25) is 0 Å². The number of carbonyl (C=O) groups excluding carboxylic acids is 1. The van der Waals surface area contributed by atoms with Gasteiger partial charge >= 0.3 is 5.97 Å². The minimum atomic E-state index is -0.613. The van der Waals surface area contributed by atoms with Crippen molar-refractivity contribution in [2.75, 3.05) is 19.7 Å². The van der Waals surface area contributed by atoms with E-state index in [1.807, 2.05) is 0 Å². The number of fused-ring (bicyclic) bond motifs is 1. The molecule has 2 rings (SSSR count). The summed E-state index contributed by atoms with van der Waals surface area (Å²) in [5, 5.41) is 22.1. The Balaban J connectivity index is 1.97. The number of aliphatic hydroxyl groups is 1. The molecule has 0 aliphatic carbocycles. The third-order valence-corrected chi connectivity index (χ3v) is 3.84. The Labute approximate surface area is 107 Å². The summed E-state index contributed by atoms with van der Waals surface area (Å²) in [7, 11) is 0. The maximum absolute atomic E-state index is 12.3. The molecule has 0 aromatic rings. The first-order valence-corrected chi connectivity index (χ1v) is 6.23. The molecule has 0 radical (unpaired) electrons. The van der Waals surface area contributed by atoms with Crippen LogP contribution in [0.1, 0.15) is 20.3 Å². The average Bonchev–Trinajstić information content (AvgIpc) is 2.83. The van der Waals surface area contributed by atoms with E-state index in [4.69, 9.17) is 4.74 Å². The van der Waals surface area contributed by atoms with Crippen LogP contribution in [0.5, 0.6) is 0 Å². The van der Waals surface area contributed by atoms with Crippen LogP contribution in [0, 0.1) is 5.21 Å². The third kappa shape index (κ3) is 2.21. The lowest BCUT2D eigenvalue weighted by Crippen LogP contribution is -2.46. The van der Waals surface area contributed by atoms with E-state index in [1.54, 1.807) is 26.0 Å². The molecule has 0 saturated carbocycles. The van der Waals surface area contributed by atoms with Crippen molar-refractivity contribution in [3.8, 4) is 0 Å². The normalized spacial score (nSPS) is 35.3. The number of hydrogen-bond donors (Lipinski definition) is 1. The molecule has 5 nitrogen and oxygen atoms in total. The lowest BCUT2D eigenvalue weighted by Gasteiger charge is -2.40. The number of allylic oxidation sites excluding steroid dienone is 1. The second-order valence-electron chi connectivity index (χ2n) is 4.99. The molecule has 0 aromatic carbocycles. The Bertz CT molecular complexity index is 415. The highest BCUT2D eigenvalue weighted by molar-refractivity contribution is 5.87. The van der Waals surface area contributed by atoms with Gasteiger partial charge in [0.05, 0.1) is 13.1 Å². The highest BCUT2D eigenvalue weighted by Crippen LogP contribution is 2.36. The third-order valence-electron chi connectivity index (χ3n) is 3.84. The molecular weight excluding hydrogens is 234 g/mol. The molecule has 2 aliphatic rings. The van der Waals surface area contributed by atoms with Gasteiger partial charge in [-0.1, -0.05) is 6.08 Å². The molecule has 0 aromatic heterocycles. The number of hydroxylamine groups is 3. The lowest BCUT2D eigenvalue weighted by molar-refractivity contribution is -0.877. The molecule has 1 fully saturated rings. The number of nitrogens with zero attached hydrogens (tertiary/aromatic N) is 1. The van der Waals surface area contributed by atoms with E-state index in [1.165, 1.54) is 0 Å². The first-order valence-electron chi connectivity index (χ1n) is 6.23. The van der Waals surface area contributed by atoms with Gasteiger partial charge in [0.15, 0.2) is 0 Å². The van der Waals surface area contributed by atoms with Crippen molar-refractivity contribution in [2.24, 2.45) is 0 Å². The van der Waals surface area contributed by atoms with Gasteiger partial charge in [0.2, 0.25) is 0 Å². The van der Waals surface area contributed by atoms with Gasteiger partial charge < -0.3 is 19.7 Å². The van der Waals surface area contributed by atoms with E-state index in [2.05, 4.69) is 0 Å². The summed E-state index contributed by atoms with van der Waals surface area (Å²) >= 11 is 0. The van der Waals surface area contributed by atoms with Crippen molar-refractivity contribution in [3.05, 3.63) is 28.5 Å². The molecule has 0 spiro atoms. The van der Waals surface area contributed by atoms with E-state index in [9.17, 15) is 15.1 Å². The minimum Gasteiger partial charge on any atom is -0.632 e. The van der Waals surface area contributed by atoms with Crippen molar-refractivity contribution >= 4 is 5.97 Å². The number of quaternary nitrogens is 1. The summed E-state index contributed by atoms with van der Waals surface area (Å²) in [5.74, 6) is -0.373. The number of aliphatic hydroxyl groups excluding tert-OH is 1. The first-order chi connectivity index (χ1) is 8.48. The van der Waals surface area contributed by atoms with E-state index >= 15 is 0 Å². The zero-order chi connectivity index (χ0) is 13.3. The van der Waals surface area contributed by atoms with Gasteiger partial charge in [0, 0.05) is 17.6 Å². The number of hydrogen-bond acceptors (Lipinski definition) is 4. The molecule has 5 heteroatoms. The Morgan fingerprint density at radius 2 is 2.44 bits per heavy atom. The van der Waals surface area contributed by atoms with Crippen LogP contribution in [-0.4, -0.2) is 47.6 Å². The predicted molar refractivity (Wildman–Crippen MR) is 66.2 cm³/mol. The van der Waals surface area contributed by atoms with Crippen LogP contribution < -0.4 is 0 Å². The summed E-state index contributed by atoms with van der Waals surface area (Å²) in [5.41, 5.74) is 1.30. The summed E-state index contributed by atoms with van der Waals surface area (Å²) < 4.78 is 4.75. The van der Waals surface area contributed by atoms with Crippen molar-refractivity contribution in [3.63, 3.8) is 0 Å². The van der Waals surface area contributed by atoms with Crippen LogP contribution in [0.15, 0.2) is 23.3 Å². The Hall–Kier alpha value is -1.17. The summed E-state index contributed by atoms with van der Waals surface area (Å²) in [6, 6.07) is -0.441. The maximum atomic E-state index is 12.3. The van der Waals surface area contributed by atoms with Crippen molar-refractivity contribution in [1.82, 2.24) is 0 Å². The lowest BCUT2D eigenvalue weighted by atomic mass is 10.1. The molecule has 0 bridgehead atoms. The monoisotopic (exact) mass is 253 g/mol. The van der Waals surface area contributed by atoms with Crippen molar-refractivity contribution in [1.29, 1.82) is 0 Å².